The highest BCUT2D eigenvalue weighted by molar-refractivity contribution is 5.78. The third kappa shape index (κ3) is 2.72. The van der Waals surface area contributed by atoms with Gasteiger partial charge in [0.15, 0.2) is 0 Å². The van der Waals surface area contributed by atoms with Gasteiger partial charge in [0.05, 0.1) is 0 Å². The Morgan fingerprint density at radius 2 is 2.06 bits per heavy atom. The first kappa shape index (κ1) is 11.4. The van der Waals surface area contributed by atoms with Crippen LogP contribution in [0.2, 0.25) is 0 Å². The van der Waals surface area contributed by atoms with Crippen LogP contribution in [0, 0.1) is 0 Å². The van der Waals surface area contributed by atoms with E-state index in [1.807, 2.05) is 4.90 Å². The predicted octanol–water partition coefficient (Wildman–Crippen LogP) is -0.525. The van der Waals surface area contributed by atoms with E-state index in [2.05, 4.69) is 10.6 Å². The molecule has 0 aromatic carbocycles. The molecule has 0 bridgehead atoms. The molecule has 1 unspecified atom stereocenters. The molecule has 2 rings (SSSR count). The molecular weight excluding hydrogens is 206 g/mol. The molecule has 2 saturated heterocycles. The summed E-state index contributed by atoms with van der Waals surface area (Å²) in [5.41, 5.74) is 0. The quantitative estimate of drug-likeness (QED) is 0.664. The number of rotatable bonds is 2. The second-order valence-electron chi connectivity index (χ2n) is 4.65. The van der Waals surface area contributed by atoms with E-state index in [4.69, 9.17) is 0 Å². The first-order valence-corrected chi connectivity index (χ1v) is 5.93. The van der Waals surface area contributed by atoms with E-state index in [0.717, 1.165) is 32.5 Å². The van der Waals surface area contributed by atoms with Crippen LogP contribution in [0.1, 0.15) is 26.2 Å². The summed E-state index contributed by atoms with van der Waals surface area (Å²) in [5, 5.41) is 6.31. The van der Waals surface area contributed by atoms with Gasteiger partial charge in [-0.3, -0.25) is 9.59 Å². The summed E-state index contributed by atoms with van der Waals surface area (Å²) in [5.74, 6) is 0.301. The lowest BCUT2D eigenvalue weighted by Gasteiger charge is -2.33. The lowest BCUT2D eigenvalue weighted by atomic mass is 10.0. The number of likely N-dealkylation sites (tertiary alicyclic amines) is 1. The van der Waals surface area contributed by atoms with Gasteiger partial charge in [0, 0.05) is 45.1 Å². The molecule has 2 aliphatic rings. The number of amides is 2. The number of nitrogens with zero attached hydrogens (tertiary/aromatic N) is 1. The van der Waals surface area contributed by atoms with E-state index in [1.165, 1.54) is 0 Å². The van der Waals surface area contributed by atoms with Crippen molar-refractivity contribution < 1.29 is 9.59 Å². The maximum atomic E-state index is 11.1. The normalized spacial score (nSPS) is 26.9. The number of hydrogen-bond acceptors (Lipinski definition) is 3. The van der Waals surface area contributed by atoms with Crippen LogP contribution in [-0.4, -0.2) is 48.4 Å². The van der Waals surface area contributed by atoms with Gasteiger partial charge in [0.1, 0.15) is 0 Å². The molecule has 0 saturated carbocycles. The van der Waals surface area contributed by atoms with Gasteiger partial charge in [-0.05, 0) is 12.8 Å². The largest absolute Gasteiger partial charge is 0.354 e. The molecule has 0 aromatic heterocycles. The molecule has 90 valence electrons. The van der Waals surface area contributed by atoms with Crippen molar-refractivity contribution in [3.05, 3.63) is 0 Å². The second-order valence-corrected chi connectivity index (χ2v) is 4.65. The zero-order chi connectivity index (χ0) is 11.5. The molecule has 16 heavy (non-hydrogen) atoms. The maximum absolute atomic E-state index is 11.1. The van der Waals surface area contributed by atoms with Crippen LogP contribution in [0.4, 0.5) is 0 Å². The van der Waals surface area contributed by atoms with Gasteiger partial charge in [-0.15, -0.1) is 0 Å². The Morgan fingerprint density at radius 3 is 2.56 bits per heavy atom. The van der Waals surface area contributed by atoms with E-state index < -0.39 is 0 Å². The second kappa shape index (κ2) is 4.82. The number of nitrogens with one attached hydrogen (secondary N) is 2. The van der Waals surface area contributed by atoms with Crippen LogP contribution in [0.5, 0.6) is 0 Å². The van der Waals surface area contributed by atoms with Gasteiger partial charge in [0.2, 0.25) is 11.8 Å². The average molecular weight is 225 g/mol. The fourth-order valence-electron chi connectivity index (χ4n) is 2.42. The van der Waals surface area contributed by atoms with Crippen molar-refractivity contribution >= 4 is 11.8 Å². The van der Waals surface area contributed by atoms with Crippen LogP contribution >= 0.6 is 0 Å². The highest BCUT2D eigenvalue weighted by Crippen LogP contribution is 2.12. The molecule has 2 N–H and O–H groups in total. The van der Waals surface area contributed by atoms with Crippen LogP contribution < -0.4 is 10.6 Å². The van der Waals surface area contributed by atoms with Crippen molar-refractivity contribution in [3.8, 4) is 0 Å². The Balaban J connectivity index is 1.73. The third-order valence-corrected chi connectivity index (χ3v) is 3.39. The zero-order valence-electron chi connectivity index (χ0n) is 9.66. The van der Waals surface area contributed by atoms with Gasteiger partial charge in [-0.1, -0.05) is 0 Å². The number of hydrogen-bond donors (Lipinski definition) is 2. The molecular formula is C11H19N3O2. The minimum Gasteiger partial charge on any atom is -0.354 e. The van der Waals surface area contributed by atoms with Crippen molar-refractivity contribution in [2.45, 2.75) is 38.3 Å². The van der Waals surface area contributed by atoms with Crippen LogP contribution in [0.3, 0.4) is 0 Å². The van der Waals surface area contributed by atoms with E-state index >= 15 is 0 Å². The molecule has 2 aliphatic heterocycles. The molecule has 0 aliphatic carbocycles. The molecule has 2 heterocycles. The Labute approximate surface area is 95.6 Å². The minimum absolute atomic E-state index is 0.138. The molecule has 5 nitrogen and oxygen atoms in total. The highest BCUT2D eigenvalue weighted by atomic mass is 16.2. The van der Waals surface area contributed by atoms with E-state index in [0.29, 0.717) is 12.5 Å². The Hall–Kier alpha value is -1.10. The maximum Gasteiger partial charge on any atom is 0.221 e. The Bertz CT molecular complexity index is 285. The van der Waals surface area contributed by atoms with Crippen molar-refractivity contribution in [1.29, 1.82) is 0 Å². The summed E-state index contributed by atoms with van der Waals surface area (Å²) in [6.07, 6.45) is 2.57. The summed E-state index contributed by atoms with van der Waals surface area (Å²) in [4.78, 5) is 24.1. The fraction of sp³-hybridized carbons (Fsp3) is 0.818. The monoisotopic (exact) mass is 225 g/mol. The topological polar surface area (TPSA) is 61.4 Å². The summed E-state index contributed by atoms with van der Waals surface area (Å²) >= 11 is 0. The Kier molecular flexibility index (Phi) is 3.43. The molecule has 0 aromatic rings. The fourth-order valence-corrected chi connectivity index (χ4v) is 2.42. The van der Waals surface area contributed by atoms with E-state index in [1.54, 1.807) is 6.92 Å². The summed E-state index contributed by atoms with van der Waals surface area (Å²) in [6.45, 7) is 4.03. The lowest BCUT2D eigenvalue weighted by molar-refractivity contribution is -0.129. The van der Waals surface area contributed by atoms with Gasteiger partial charge in [0.25, 0.3) is 0 Å². The lowest BCUT2D eigenvalue weighted by Crippen LogP contribution is -2.47. The number of piperidine rings is 1. The first-order chi connectivity index (χ1) is 7.65. The van der Waals surface area contributed by atoms with Crippen LogP contribution in [0.25, 0.3) is 0 Å². The minimum atomic E-state index is 0.138. The molecule has 0 radical (unpaired) electrons. The van der Waals surface area contributed by atoms with Crippen molar-refractivity contribution in [2.75, 3.05) is 19.6 Å². The van der Waals surface area contributed by atoms with Gasteiger partial charge in [-0.25, -0.2) is 0 Å². The summed E-state index contributed by atoms with van der Waals surface area (Å²) in [7, 11) is 0. The third-order valence-electron chi connectivity index (χ3n) is 3.39. The zero-order valence-corrected chi connectivity index (χ0v) is 9.66. The first-order valence-electron chi connectivity index (χ1n) is 5.93. The smallest absolute Gasteiger partial charge is 0.221 e. The molecule has 0 spiro atoms. The molecule has 5 heteroatoms. The van der Waals surface area contributed by atoms with Gasteiger partial charge >= 0.3 is 0 Å². The number of carbonyl (C=O) groups is 2. The molecule has 2 amide bonds. The molecule has 1 atom stereocenters. The SMILES string of the molecule is CC(=O)N1CCC(NC2CNC(=O)C2)CC1. The van der Waals surface area contributed by atoms with Gasteiger partial charge in [-0.2, -0.15) is 0 Å². The van der Waals surface area contributed by atoms with Gasteiger partial charge < -0.3 is 15.5 Å². The van der Waals surface area contributed by atoms with Crippen molar-refractivity contribution in [3.63, 3.8) is 0 Å². The van der Waals surface area contributed by atoms with Crippen LogP contribution in [-0.2, 0) is 9.59 Å². The number of carbonyl (C=O) groups excluding carboxylic acids is 2. The van der Waals surface area contributed by atoms with Crippen molar-refractivity contribution in [2.24, 2.45) is 0 Å². The van der Waals surface area contributed by atoms with E-state index in [9.17, 15) is 9.59 Å². The van der Waals surface area contributed by atoms with E-state index in [-0.39, 0.29) is 17.9 Å². The average Bonchev–Trinajstić information content (AvgIpc) is 2.65. The standard InChI is InChI=1S/C11H19N3O2/c1-8(15)14-4-2-9(3-5-14)13-10-6-11(16)12-7-10/h9-10,13H,2-7H2,1H3,(H,12,16). The Morgan fingerprint density at radius 1 is 1.38 bits per heavy atom. The predicted molar refractivity (Wildman–Crippen MR) is 59.8 cm³/mol. The summed E-state index contributed by atoms with van der Waals surface area (Å²) < 4.78 is 0. The van der Waals surface area contributed by atoms with Crippen molar-refractivity contribution in [1.82, 2.24) is 15.5 Å². The highest BCUT2D eigenvalue weighted by Gasteiger charge is 2.26. The summed E-state index contributed by atoms with van der Waals surface area (Å²) in [6, 6.07) is 0.731. The molecule has 2 fully saturated rings. The van der Waals surface area contributed by atoms with Crippen LogP contribution in [0.15, 0.2) is 0 Å².